The number of hydrogen-bond acceptors (Lipinski definition) is 3. The summed E-state index contributed by atoms with van der Waals surface area (Å²) in [6.07, 6.45) is 3.15. The lowest BCUT2D eigenvalue weighted by atomic mass is 10.0. The first-order valence-electron chi connectivity index (χ1n) is 9.02. The van der Waals surface area contributed by atoms with E-state index in [0.717, 1.165) is 24.9 Å². The standard InChI is InChI=1S/C21H22N2O3/c1-26-19-13-16-7-5-6-15(16)12-18(19)21(25)22-10-11-23(20(24)14-22)17-8-3-2-4-9-17/h2-4,8-9,12-13H,5-7,10-11,14H2,1H3. The number of amides is 2. The van der Waals surface area contributed by atoms with E-state index < -0.39 is 0 Å². The van der Waals surface area contributed by atoms with Gasteiger partial charge in [0.1, 0.15) is 12.3 Å². The molecule has 0 bridgehead atoms. The zero-order chi connectivity index (χ0) is 18.1. The summed E-state index contributed by atoms with van der Waals surface area (Å²) in [5.74, 6) is 0.419. The van der Waals surface area contributed by atoms with Crippen molar-refractivity contribution in [2.45, 2.75) is 19.3 Å². The fourth-order valence-corrected chi connectivity index (χ4v) is 3.84. The third-order valence-electron chi connectivity index (χ3n) is 5.22. The number of methoxy groups -OCH3 is 1. The summed E-state index contributed by atoms with van der Waals surface area (Å²) in [6, 6.07) is 13.5. The Labute approximate surface area is 153 Å². The van der Waals surface area contributed by atoms with Gasteiger partial charge in [-0.2, -0.15) is 0 Å². The molecule has 4 rings (SSSR count). The molecular weight excluding hydrogens is 328 g/mol. The maximum atomic E-state index is 13.0. The molecule has 26 heavy (non-hydrogen) atoms. The lowest BCUT2D eigenvalue weighted by Gasteiger charge is -2.34. The number of ether oxygens (including phenoxy) is 1. The normalized spacial score (nSPS) is 16.6. The third-order valence-corrected chi connectivity index (χ3v) is 5.22. The number of nitrogens with zero attached hydrogens (tertiary/aromatic N) is 2. The third kappa shape index (κ3) is 2.94. The van der Waals surface area contributed by atoms with Gasteiger partial charge in [0, 0.05) is 18.8 Å². The Kier molecular flexibility index (Phi) is 4.37. The number of anilines is 1. The topological polar surface area (TPSA) is 49.9 Å². The second kappa shape index (κ2) is 6.83. The summed E-state index contributed by atoms with van der Waals surface area (Å²) in [4.78, 5) is 29.0. The molecule has 1 heterocycles. The molecule has 1 saturated heterocycles. The summed E-state index contributed by atoms with van der Waals surface area (Å²) >= 11 is 0. The molecule has 0 radical (unpaired) electrons. The maximum Gasteiger partial charge on any atom is 0.258 e. The smallest absolute Gasteiger partial charge is 0.258 e. The van der Waals surface area contributed by atoms with Gasteiger partial charge in [-0.05, 0) is 54.7 Å². The predicted molar refractivity (Wildman–Crippen MR) is 99.7 cm³/mol. The average molecular weight is 350 g/mol. The molecule has 0 spiro atoms. The number of aryl methyl sites for hydroxylation is 2. The van der Waals surface area contributed by atoms with Crippen LogP contribution in [-0.2, 0) is 17.6 Å². The Hall–Kier alpha value is -2.82. The summed E-state index contributed by atoms with van der Waals surface area (Å²) in [5, 5.41) is 0. The van der Waals surface area contributed by atoms with Crippen LogP contribution < -0.4 is 9.64 Å². The van der Waals surface area contributed by atoms with Crippen molar-refractivity contribution in [1.82, 2.24) is 4.90 Å². The van der Waals surface area contributed by atoms with Crippen LogP contribution in [0, 0.1) is 0 Å². The van der Waals surface area contributed by atoms with Crippen molar-refractivity contribution in [2.75, 3.05) is 31.6 Å². The van der Waals surface area contributed by atoms with E-state index in [1.54, 1.807) is 16.9 Å². The quantitative estimate of drug-likeness (QED) is 0.855. The number of rotatable bonds is 3. The van der Waals surface area contributed by atoms with E-state index >= 15 is 0 Å². The van der Waals surface area contributed by atoms with Crippen molar-refractivity contribution in [3.05, 3.63) is 59.2 Å². The highest BCUT2D eigenvalue weighted by atomic mass is 16.5. The van der Waals surface area contributed by atoms with Crippen molar-refractivity contribution < 1.29 is 14.3 Å². The molecule has 5 nitrogen and oxygen atoms in total. The van der Waals surface area contributed by atoms with E-state index in [0.29, 0.717) is 24.4 Å². The molecule has 2 aliphatic rings. The van der Waals surface area contributed by atoms with Gasteiger partial charge in [-0.25, -0.2) is 0 Å². The van der Waals surface area contributed by atoms with Crippen LogP contribution in [-0.4, -0.2) is 43.5 Å². The molecule has 5 heteroatoms. The molecule has 1 fully saturated rings. The van der Waals surface area contributed by atoms with Crippen LogP contribution in [0.2, 0.25) is 0 Å². The molecule has 0 unspecified atom stereocenters. The van der Waals surface area contributed by atoms with Gasteiger partial charge >= 0.3 is 0 Å². The molecule has 1 aliphatic heterocycles. The van der Waals surface area contributed by atoms with Crippen LogP contribution in [0.5, 0.6) is 5.75 Å². The number of piperazine rings is 1. The van der Waals surface area contributed by atoms with Gasteiger partial charge in [0.15, 0.2) is 0 Å². The van der Waals surface area contributed by atoms with Crippen molar-refractivity contribution in [3.63, 3.8) is 0 Å². The minimum Gasteiger partial charge on any atom is -0.496 e. The van der Waals surface area contributed by atoms with Crippen molar-refractivity contribution in [2.24, 2.45) is 0 Å². The van der Waals surface area contributed by atoms with Crippen LogP contribution in [0.25, 0.3) is 0 Å². The first-order chi connectivity index (χ1) is 12.7. The first-order valence-corrected chi connectivity index (χ1v) is 9.02. The molecule has 2 aromatic rings. The summed E-state index contributed by atoms with van der Waals surface area (Å²) in [6.45, 7) is 1.11. The van der Waals surface area contributed by atoms with E-state index in [-0.39, 0.29) is 18.4 Å². The Bertz CT molecular complexity index is 848. The van der Waals surface area contributed by atoms with E-state index in [4.69, 9.17) is 4.74 Å². The lowest BCUT2D eigenvalue weighted by molar-refractivity contribution is -0.120. The molecule has 134 valence electrons. The maximum absolute atomic E-state index is 13.0. The average Bonchev–Trinajstić information content (AvgIpc) is 3.14. The fourth-order valence-electron chi connectivity index (χ4n) is 3.84. The molecular formula is C21H22N2O3. The number of hydrogen-bond donors (Lipinski definition) is 0. The van der Waals surface area contributed by atoms with Crippen molar-refractivity contribution in [3.8, 4) is 5.75 Å². The highest BCUT2D eigenvalue weighted by Gasteiger charge is 2.30. The Morgan fingerprint density at radius 3 is 2.46 bits per heavy atom. The second-order valence-electron chi connectivity index (χ2n) is 6.78. The van der Waals surface area contributed by atoms with Gasteiger partial charge < -0.3 is 14.5 Å². The molecule has 0 saturated carbocycles. The summed E-state index contributed by atoms with van der Waals surface area (Å²) in [5.41, 5.74) is 3.93. The number of carbonyl (C=O) groups is 2. The van der Waals surface area contributed by atoms with E-state index in [1.807, 2.05) is 42.5 Å². The van der Waals surface area contributed by atoms with Gasteiger partial charge in [-0.15, -0.1) is 0 Å². The minimum atomic E-state index is -0.127. The Morgan fingerprint density at radius 2 is 1.77 bits per heavy atom. The summed E-state index contributed by atoms with van der Waals surface area (Å²) in [7, 11) is 1.59. The second-order valence-corrected chi connectivity index (χ2v) is 6.78. The fraction of sp³-hybridized carbons (Fsp3) is 0.333. The Morgan fingerprint density at radius 1 is 1.04 bits per heavy atom. The van der Waals surface area contributed by atoms with Gasteiger partial charge in [-0.1, -0.05) is 18.2 Å². The number of para-hydroxylation sites is 1. The van der Waals surface area contributed by atoms with Crippen LogP contribution in [0.4, 0.5) is 5.69 Å². The highest BCUT2D eigenvalue weighted by molar-refractivity contribution is 6.03. The largest absolute Gasteiger partial charge is 0.496 e. The van der Waals surface area contributed by atoms with Crippen molar-refractivity contribution in [1.29, 1.82) is 0 Å². The van der Waals surface area contributed by atoms with Crippen LogP contribution in [0.3, 0.4) is 0 Å². The summed E-state index contributed by atoms with van der Waals surface area (Å²) < 4.78 is 5.46. The monoisotopic (exact) mass is 350 g/mol. The highest BCUT2D eigenvalue weighted by Crippen LogP contribution is 2.31. The number of benzene rings is 2. The van der Waals surface area contributed by atoms with Crippen LogP contribution >= 0.6 is 0 Å². The van der Waals surface area contributed by atoms with Crippen LogP contribution in [0.1, 0.15) is 27.9 Å². The molecule has 2 aromatic carbocycles. The zero-order valence-electron chi connectivity index (χ0n) is 14.9. The van der Waals surface area contributed by atoms with Crippen molar-refractivity contribution >= 4 is 17.5 Å². The van der Waals surface area contributed by atoms with Crippen LogP contribution in [0.15, 0.2) is 42.5 Å². The molecule has 0 N–H and O–H groups in total. The number of carbonyl (C=O) groups excluding carboxylic acids is 2. The molecule has 0 atom stereocenters. The number of fused-ring (bicyclic) bond motifs is 1. The predicted octanol–water partition coefficient (Wildman–Crippen LogP) is 2.67. The first kappa shape index (κ1) is 16.6. The lowest BCUT2D eigenvalue weighted by Crippen LogP contribution is -2.52. The van der Waals surface area contributed by atoms with E-state index in [9.17, 15) is 9.59 Å². The molecule has 2 amide bonds. The zero-order valence-corrected chi connectivity index (χ0v) is 14.9. The van der Waals surface area contributed by atoms with Gasteiger partial charge in [0.2, 0.25) is 5.91 Å². The molecule has 0 aromatic heterocycles. The van der Waals surface area contributed by atoms with E-state index in [1.165, 1.54) is 11.1 Å². The SMILES string of the molecule is COc1cc2c(cc1C(=O)N1CCN(c3ccccc3)C(=O)C1)CCC2. The van der Waals surface area contributed by atoms with Gasteiger partial charge in [0.05, 0.1) is 12.7 Å². The molecule has 1 aliphatic carbocycles. The minimum absolute atomic E-state index is 0.0593. The van der Waals surface area contributed by atoms with Gasteiger partial charge in [-0.3, -0.25) is 9.59 Å². The van der Waals surface area contributed by atoms with Gasteiger partial charge in [0.25, 0.3) is 5.91 Å². The van der Waals surface area contributed by atoms with E-state index in [2.05, 4.69) is 0 Å². The Balaban J connectivity index is 1.54.